The van der Waals surface area contributed by atoms with Crippen molar-refractivity contribution in [1.82, 2.24) is 4.90 Å². The number of nitrogens with zero attached hydrogens (tertiary/aromatic N) is 1. The molecule has 3 nitrogen and oxygen atoms in total. The third-order valence-electron chi connectivity index (χ3n) is 2.14. The lowest BCUT2D eigenvalue weighted by atomic mass is 10.3. The van der Waals surface area contributed by atoms with E-state index in [2.05, 4.69) is 0 Å². The van der Waals surface area contributed by atoms with Gasteiger partial charge in [0.25, 0.3) is 0 Å². The van der Waals surface area contributed by atoms with Crippen molar-refractivity contribution in [2.75, 3.05) is 26.1 Å². The van der Waals surface area contributed by atoms with Gasteiger partial charge in [0.15, 0.2) is 0 Å². The highest BCUT2D eigenvalue weighted by atomic mass is 35.5. The minimum absolute atomic E-state index is 0.143. The molecule has 0 bridgehead atoms. The molecule has 12 heavy (non-hydrogen) atoms. The van der Waals surface area contributed by atoms with Gasteiger partial charge in [-0.3, -0.25) is 4.79 Å². The van der Waals surface area contributed by atoms with Gasteiger partial charge in [-0.25, -0.2) is 0 Å². The molecular weight excluding hydrogens is 178 g/mol. The van der Waals surface area contributed by atoms with Crippen molar-refractivity contribution >= 4 is 17.5 Å². The molecule has 1 amide bonds. The summed E-state index contributed by atoms with van der Waals surface area (Å²) in [6, 6.07) is 0. The summed E-state index contributed by atoms with van der Waals surface area (Å²) in [5.41, 5.74) is 0. The number of carbonyl (C=O) groups is 1. The van der Waals surface area contributed by atoms with E-state index in [1.54, 1.807) is 7.11 Å². The Morgan fingerprint density at radius 3 is 3.00 bits per heavy atom. The lowest BCUT2D eigenvalue weighted by Crippen LogP contribution is -2.29. The topological polar surface area (TPSA) is 29.5 Å². The Bertz CT molecular complexity index is 163. The molecule has 4 heteroatoms. The zero-order valence-corrected chi connectivity index (χ0v) is 8.01. The van der Waals surface area contributed by atoms with Crippen molar-refractivity contribution in [3.63, 3.8) is 0 Å². The SMILES string of the molecule is CO[C@@H]1CCN(C(=O)CCCl)C1. The van der Waals surface area contributed by atoms with Crippen molar-refractivity contribution in [2.45, 2.75) is 18.9 Å². The van der Waals surface area contributed by atoms with Crippen LogP contribution in [0.4, 0.5) is 0 Å². The Morgan fingerprint density at radius 2 is 2.50 bits per heavy atom. The van der Waals surface area contributed by atoms with Crippen LogP contribution in [-0.2, 0) is 9.53 Å². The number of alkyl halides is 1. The van der Waals surface area contributed by atoms with Gasteiger partial charge < -0.3 is 9.64 Å². The second-order valence-electron chi connectivity index (χ2n) is 2.93. The molecule has 0 unspecified atom stereocenters. The Kier molecular flexibility index (Phi) is 3.82. The van der Waals surface area contributed by atoms with Gasteiger partial charge in [-0.2, -0.15) is 0 Å². The molecule has 1 aliphatic rings. The fraction of sp³-hybridized carbons (Fsp3) is 0.875. The fourth-order valence-corrected chi connectivity index (χ4v) is 1.55. The van der Waals surface area contributed by atoms with Gasteiger partial charge in [0, 0.05) is 32.5 Å². The zero-order valence-electron chi connectivity index (χ0n) is 7.25. The fourth-order valence-electron chi connectivity index (χ4n) is 1.39. The van der Waals surface area contributed by atoms with E-state index in [-0.39, 0.29) is 12.0 Å². The normalized spacial score (nSPS) is 23.2. The van der Waals surface area contributed by atoms with E-state index in [1.165, 1.54) is 0 Å². The van der Waals surface area contributed by atoms with Crippen LogP contribution in [0.3, 0.4) is 0 Å². The first-order valence-electron chi connectivity index (χ1n) is 4.14. The summed E-state index contributed by atoms with van der Waals surface area (Å²) in [4.78, 5) is 13.1. The largest absolute Gasteiger partial charge is 0.380 e. The summed E-state index contributed by atoms with van der Waals surface area (Å²) in [7, 11) is 1.68. The van der Waals surface area contributed by atoms with Crippen LogP contribution in [0.1, 0.15) is 12.8 Å². The van der Waals surface area contributed by atoms with Gasteiger partial charge in [0.1, 0.15) is 0 Å². The molecule has 1 atom stereocenters. The lowest BCUT2D eigenvalue weighted by molar-refractivity contribution is -0.130. The summed E-state index contributed by atoms with van der Waals surface area (Å²) in [5, 5.41) is 0. The predicted octanol–water partition coefficient (Wildman–Crippen LogP) is 0.863. The molecule has 0 aromatic heterocycles. The number of hydrogen-bond donors (Lipinski definition) is 0. The van der Waals surface area contributed by atoms with E-state index in [4.69, 9.17) is 16.3 Å². The molecule has 1 heterocycles. The molecule has 1 rings (SSSR count). The van der Waals surface area contributed by atoms with Gasteiger partial charge in [-0.15, -0.1) is 11.6 Å². The minimum Gasteiger partial charge on any atom is -0.380 e. The Balaban J connectivity index is 2.31. The summed E-state index contributed by atoms with van der Waals surface area (Å²) in [5.74, 6) is 0.553. The Morgan fingerprint density at radius 1 is 1.75 bits per heavy atom. The Hall–Kier alpha value is -0.280. The van der Waals surface area contributed by atoms with E-state index in [9.17, 15) is 4.79 Å². The number of rotatable bonds is 3. The zero-order chi connectivity index (χ0) is 8.97. The summed E-state index contributed by atoms with van der Waals surface area (Å²) in [6.07, 6.45) is 1.62. The maximum atomic E-state index is 11.3. The van der Waals surface area contributed by atoms with Crippen molar-refractivity contribution in [3.05, 3.63) is 0 Å². The van der Waals surface area contributed by atoms with Crippen LogP contribution in [0.15, 0.2) is 0 Å². The van der Waals surface area contributed by atoms with E-state index in [0.29, 0.717) is 12.3 Å². The first kappa shape index (κ1) is 9.81. The molecule has 1 aliphatic heterocycles. The number of hydrogen-bond acceptors (Lipinski definition) is 2. The second-order valence-corrected chi connectivity index (χ2v) is 3.30. The van der Waals surface area contributed by atoms with Crippen LogP contribution >= 0.6 is 11.6 Å². The first-order chi connectivity index (χ1) is 5.77. The molecule has 0 N–H and O–H groups in total. The van der Waals surface area contributed by atoms with Gasteiger partial charge in [-0.05, 0) is 6.42 Å². The number of ether oxygens (including phenoxy) is 1. The summed E-state index contributed by atoms with van der Waals surface area (Å²) >= 11 is 5.47. The van der Waals surface area contributed by atoms with Gasteiger partial charge >= 0.3 is 0 Å². The van der Waals surface area contributed by atoms with E-state index >= 15 is 0 Å². The number of halogens is 1. The molecule has 1 fully saturated rings. The molecule has 0 aromatic rings. The standard InChI is InChI=1S/C8H14ClNO2/c1-12-7-3-5-10(6-7)8(11)2-4-9/h7H,2-6H2,1H3/t7-/m1/s1. The predicted molar refractivity (Wildman–Crippen MR) is 47.3 cm³/mol. The van der Waals surface area contributed by atoms with E-state index in [0.717, 1.165) is 19.5 Å². The van der Waals surface area contributed by atoms with Crippen LogP contribution in [0.25, 0.3) is 0 Å². The molecule has 0 aromatic carbocycles. The number of amides is 1. The minimum atomic E-state index is 0.143. The monoisotopic (exact) mass is 191 g/mol. The van der Waals surface area contributed by atoms with Gasteiger partial charge in [-0.1, -0.05) is 0 Å². The maximum Gasteiger partial charge on any atom is 0.223 e. The summed E-state index contributed by atoms with van der Waals surface area (Å²) in [6.45, 7) is 1.54. The Labute approximate surface area is 77.6 Å². The highest BCUT2D eigenvalue weighted by Gasteiger charge is 2.24. The molecule has 1 saturated heterocycles. The molecule has 0 saturated carbocycles. The number of methoxy groups -OCH3 is 1. The summed E-state index contributed by atoms with van der Waals surface area (Å²) < 4.78 is 5.14. The van der Waals surface area contributed by atoms with Crippen LogP contribution in [0.2, 0.25) is 0 Å². The average molecular weight is 192 g/mol. The first-order valence-corrected chi connectivity index (χ1v) is 4.68. The second kappa shape index (κ2) is 4.67. The van der Waals surface area contributed by atoms with E-state index < -0.39 is 0 Å². The van der Waals surface area contributed by atoms with Crippen LogP contribution in [0.5, 0.6) is 0 Å². The van der Waals surface area contributed by atoms with Crippen molar-refractivity contribution in [2.24, 2.45) is 0 Å². The van der Waals surface area contributed by atoms with Crippen LogP contribution < -0.4 is 0 Å². The number of likely N-dealkylation sites (tertiary alicyclic amines) is 1. The van der Waals surface area contributed by atoms with Gasteiger partial charge in [0.05, 0.1) is 6.10 Å². The smallest absolute Gasteiger partial charge is 0.223 e. The van der Waals surface area contributed by atoms with Crippen LogP contribution in [0, 0.1) is 0 Å². The number of carbonyl (C=O) groups excluding carboxylic acids is 1. The molecule has 0 radical (unpaired) electrons. The van der Waals surface area contributed by atoms with Crippen molar-refractivity contribution < 1.29 is 9.53 Å². The maximum absolute atomic E-state index is 11.3. The quantitative estimate of drug-likeness (QED) is 0.620. The molecular formula is C8H14ClNO2. The van der Waals surface area contributed by atoms with E-state index in [1.807, 2.05) is 4.90 Å². The molecule has 70 valence electrons. The lowest BCUT2D eigenvalue weighted by Gasteiger charge is -2.14. The average Bonchev–Trinajstić information content (AvgIpc) is 2.52. The highest BCUT2D eigenvalue weighted by molar-refractivity contribution is 6.18. The molecule has 0 spiro atoms. The third-order valence-corrected chi connectivity index (χ3v) is 2.33. The van der Waals surface area contributed by atoms with Gasteiger partial charge in [0.2, 0.25) is 5.91 Å². The highest BCUT2D eigenvalue weighted by Crippen LogP contribution is 2.12. The third kappa shape index (κ3) is 2.35. The van der Waals surface area contributed by atoms with Crippen LogP contribution in [-0.4, -0.2) is 43.0 Å². The molecule has 0 aliphatic carbocycles. The van der Waals surface area contributed by atoms with Crippen molar-refractivity contribution in [1.29, 1.82) is 0 Å². The van der Waals surface area contributed by atoms with Crippen molar-refractivity contribution in [3.8, 4) is 0 Å².